The molecule has 1 aromatic rings. The summed E-state index contributed by atoms with van der Waals surface area (Å²) in [5.74, 6) is 0. The molecule has 0 saturated heterocycles. The van der Waals surface area contributed by atoms with Crippen molar-refractivity contribution in [1.82, 2.24) is 4.90 Å². The molecule has 1 aromatic carbocycles. The average molecular weight is 273 g/mol. The van der Waals surface area contributed by atoms with Crippen molar-refractivity contribution in [3.05, 3.63) is 29.3 Å². The van der Waals surface area contributed by atoms with Gasteiger partial charge in [-0.3, -0.25) is 4.90 Å². The largest absolute Gasteiger partial charge is 0.444 e. The lowest BCUT2D eigenvalue weighted by Gasteiger charge is -2.43. The first-order valence-electron chi connectivity index (χ1n) is 7.17. The van der Waals surface area contributed by atoms with Crippen molar-refractivity contribution in [3.8, 4) is 0 Å². The third kappa shape index (κ3) is 3.17. The Balaban J connectivity index is 2.28. The van der Waals surface area contributed by atoms with Crippen LogP contribution in [0.2, 0.25) is 0 Å². The number of rotatable bonds is 0. The highest BCUT2D eigenvalue weighted by Gasteiger charge is 2.38. The van der Waals surface area contributed by atoms with Gasteiger partial charge in [-0.25, -0.2) is 4.79 Å². The molecule has 20 heavy (non-hydrogen) atoms. The molecule has 0 radical (unpaired) electrons. The van der Waals surface area contributed by atoms with Gasteiger partial charge in [-0.15, -0.1) is 0 Å². The van der Waals surface area contributed by atoms with E-state index >= 15 is 0 Å². The Kier molecular flexibility index (Phi) is 3.61. The van der Waals surface area contributed by atoms with Crippen molar-refractivity contribution in [2.45, 2.75) is 58.7 Å². The fourth-order valence-corrected chi connectivity index (χ4v) is 2.65. The summed E-state index contributed by atoms with van der Waals surface area (Å²) in [5.41, 5.74) is 3.12. The average Bonchev–Trinajstić information content (AvgIpc) is 2.25. The molecule has 0 spiro atoms. The van der Waals surface area contributed by atoms with E-state index in [2.05, 4.69) is 39.9 Å². The normalized spacial score (nSPS) is 17.6. The van der Waals surface area contributed by atoms with Gasteiger partial charge in [0.15, 0.2) is 0 Å². The van der Waals surface area contributed by atoms with Crippen molar-refractivity contribution >= 4 is 19.4 Å². The highest BCUT2D eigenvalue weighted by atomic mass is 16.6. The van der Waals surface area contributed by atoms with Gasteiger partial charge in [0.25, 0.3) is 0 Å². The van der Waals surface area contributed by atoms with Crippen LogP contribution in [-0.4, -0.2) is 30.0 Å². The molecule has 0 bridgehead atoms. The first-order chi connectivity index (χ1) is 9.08. The number of hydrogen-bond acceptors (Lipinski definition) is 2. The van der Waals surface area contributed by atoms with E-state index < -0.39 is 5.60 Å². The third-order valence-electron chi connectivity index (χ3n) is 3.66. The van der Waals surface area contributed by atoms with Crippen molar-refractivity contribution in [3.63, 3.8) is 0 Å². The summed E-state index contributed by atoms with van der Waals surface area (Å²) < 4.78 is 5.55. The quantitative estimate of drug-likeness (QED) is 0.677. The highest BCUT2D eigenvalue weighted by Crippen LogP contribution is 2.31. The molecule has 0 aromatic heterocycles. The van der Waals surface area contributed by atoms with Gasteiger partial charge in [0.1, 0.15) is 13.4 Å². The number of carbonyl (C=O) groups excluding carboxylic acids is 1. The molecule has 108 valence electrons. The van der Waals surface area contributed by atoms with E-state index in [1.54, 1.807) is 0 Å². The molecule has 1 heterocycles. The van der Waals surface area contributed by atoms with Gasteiger partial charge in [-0.2, -0.15) is 0 Å². The molecule has 1 aliphatic heterocycles. The smallest absolute Gasteiger partial charge is 0.411 e. The van der Waals surface area contributed by atoms with Crippen LogP contribution in [0, 0.1) is 0 Å². The van der Waals surface area contributed by atoms with Crippen molar-refractivity contribution in [1.29, 1.82) is 0 Å². The van der Waals surface area contributed by atoms with E-state index in [0.717, 1.165) is 6.42 Å². The predicted octanol–water partition coefficient (Wildman–Crippen LogP) is 2.02. The molecule has 0 N–H and O–H groups in total. The maximum Gasteiger partial charge on any atom is 0.411 e. The Bertz CT molecular complexity index is 532. The van der Waals surface area contributed by atoms with Gasteiger partial charge in [-0.1, -0.05) is 23.7 Å². The Morgan fingerprint density at radius 2 is 1.95 bits per heavy atom. The lowest BCUT2D eigenvalue weighted by molar-refractivity contribution is -0.00252. The van der Waals surface area contributed by atoms with Crippen LogP contribution in [0.25, 0.3) is 0 Å². The number of ether oxygens (including phenoxy) is 1. The van der Waals surface area contributed by atoms with E-state index in [4.69, 9.17) is 4.74 Å². The molecule has 1 aliphatic rings. The summed E-state index contributed by atoms with van der Waals surface area (Å²) in [6.45, 7) is 10.5. The van der Waals surface area contributed by atoms with Gasteiger partial charge >= 0.3 is 6.09 Å². The van der Waals surface area contributed by atoms with E-state index in [-0.39, 0.29) is 11.6 Å². The van der Waals surface area contributed by atoms with Crippen LogP contribution < -0.4 is 5.46 Å². The summed E-state index contributed by atoms with van der Waals surface area (Å²) in [6, 6.07) is 6.48. The zero-order valence-corrected chi connectivity index (χ0v) is 13.4. The first kappa shape index (κ1) is 15.0. The topological polar surface area (TPSA) is 29.5 Å². The van der Waals surface area contributed by atoms with Gasteiger partial charge in [0.05, 0.1) is 0 Å². The number of fused-ring (bicyclic) bond motifs is 1. The standard InChI is InChI=1S/C16H24BNO2/c1-15(2,3)20-14(19)18-10-12-8-13(17)7-6-11(12)9-16(18,4)5/h6-8H,9-10,17H2,1-5H3. The number of amides is 1. The summed E-state index contributed by atoms with van der Waals surface area (Å²) >= 11 is 0. The van der Waals surface area contributed by atoms with Crippen molar-refractivity contribution in [2.24, 2.45) is 0 Å². The lowest BCUT2D eigenvalue weighted by atomic mass is 9.83. The Labute approximate surface area is 122 Å². The summed E-state index contributed by atoms with van der Waals surface area (Å²) in [6.07, 6.45) is 0.636. The van der Waals surface area contributed by atoms with Gasteiger partial charge < -0.3 is 4.74 Å². The van der Waals surface area contributed by atoms with E-state index in [9.17, 15) is 4.79 Å². The van der Waals surface area contributed by atoms with Crippen molar-refractivity contribution < 1.29 is 9.53 Å². The molecular formula is C16H24BNO2. The van der Waals surface area contributed by atoms with E-state index in [1.807, 2.05) is 25.7 Å². The molecule has 0 fully saturated rings. The van der Waals surface area contributed by atoms with E-state index in [0.29, 0.717) is 6.54 Å². The number of benzene rings is 1. The Morgan fingerprint density at radius 3 is 2.55 bits per heavy atom. The second-order valence-electron chi connectivity index (χ2n) is 7.33. The second-order valence-corrected chi connectivity index (χ2v) is 7.33. The zero-order chi connectivity index (χ0) is 15.1. The first-order valence-corrected chi connectivity index (χ1v) is 7.17. The zero-order valence-electron chi connectivity index (χ0n) is 13.4. The minimum Gasteiger partial charge on any atom is -0.444 e. The summed E-state index contributed by atoms with van der Waals surface area (Å²) in [4.78, 5) is 14.3. The van der Waals surface area contributed by atoms with Gasteiger partial charge in [-0.05, 0) is 52.2 Å². The molecule has 0 saturated carbocycles. The molecule has 0 aliphatic carbocycles. The molecule has 2 rings (SSSR count). The Morgan fingerprint density at radius 1 is 1.30 bits per heavy atom. The SMILES string of the molecule is Bc1ccc2c(c1)CN(C(=O)OC(C)(C)C)C(C)(C)C2. The fourth-order valence-electron chi connectivity index (χ4n) is 2.65. The van der Waals surface area contributed by atoms with Gasteiger partial charge in [0.2, 0.25) is 0 Å². The fraction of sp³-hybridized carbons (Fsp3) is 0.562. The monoisotopic (exact) mass is 273 g/mol. The second kappa shape index (κ2) is 4.83. The van der Waals surface area contributed by atoms with Crippen LogP contribution in [0.15, 0.2) is 18.2 Å². The maximum atomic E-state index is 12.4. The van der Waals surface area contributed by atoms with E-state index in [1.165, 1.54) is 16.6 Å². The molecule has 0 atom stereocenters. The summed E-state index contributed by atoms with van der Waals surface area (Å²) in [5, 5.41) is 0. The van der Waals surface area contributed by atoms with Gasteiger partial charge in [0, 0.05) is 12.1 Å². The number of hydrogen-bond donors (Lipinski definition) is 0. The van der Waals surface area contributed by atoms with Crippen LogP contribution in [0.3, 0.4) is 0 Å². The van der Waals surface area contributed by atoms with Crippen LogP contribution in [0.1, 0.15) is 45.7 Å². The lowest BCUT2D eigenvalue weighted by Crippen LogP contribution is -2.53. The van der Waals surface area contributed by atoms with Crippen molar-refractivity contribution in [2.75, 3.05) is 0 Å². The Hall–Kier alpha value is -1.45. The minimum atomic E-state index is -0.458. The number of nitrogens with zero attached hydrogens (tertiary/aromatic N) is 1. The predicted molar refractivity (Wildman–Crippen MR) is 84.2 cm³/mol. The van der Waals surface area contributed by atoms with Crippen LogP contribution >= 0.6 is 0 Å². The van der Waals surface area contributed by atoms with Crippen LogP contribution in [0.4, 0.5) is 4.79 Å². The van der Waals surface area contributed by atoms with Crippen LogP contribution in [-0.2, 0) is 17.7 Å². The summed E-state index contributed by atoms with van der Waals surface area (Å²) in [7, 11) is 2.08. The third-order valence-corrected chi connectivity index (χ3v) is 3.66. The molecule has 1 amide bonds. The maximum absolute atomic E-state index is 12.4. The molecular weight excluding hydrogens is 249 g/mol. The minimum absolute atomic E-state index is 0.218. The van der Waals surface area contributed by atoms with Crippen LogP contribution in [0.5, 0.6) is 0 Å². The highest BCUT2D eigenvalue weighted by molar-refractivity contribution is 6.32. The molecule has 4 heteroatoms. The molecule has 0 unspecified atom stereocenters. The molecule has 3 nitrogen and oxygen atoms in total. The number of carbonyl (C=O) groups is 1.